The molecule has 3 rings (SSSR count). The van der Waals surface area contributed by atoms with E-state index in [2.05, 4.69) is 26.5 Å². The van der Waals surface area contributed by atoms with Crippen LogP contribution in [0.5, 0.6) is 5.75 Å². The van der Waals surface area contributed by atoms with E-state index in [-0.39, 0.29) is 16.5 Å². The number of hydrogen-bond acceptors (Lipinski definition) is 5. The number of nitrogens with zero attached hydrogens (tertiary/aromatic N) is 3. The second-order valence-electron chi connectivity index (χ2n) is 5.44. The Bertz CT molecular complexity index is 1110. The van der Waals surface area contributed by atoms with Crippen LogP contribution >= 0.6 is 11.8 Å². The number of benzene rings is 2. The topological polar surface area (TPSA) is 58.8 Å². The summed E-state index contributed by atoms with van der Waals surface area (Å²) in [6, 6.07) is 11.7. The largest absolute Gasteiger partial charge is 0.573 e. The molecule has 0 amide bonds. The van der Waals surface area contributed by atoms with E-state index >= 15 is 0 Å². The third-order valence-corrected chi connectivity index (χ3v) is 3.95. The number of rotatable bonds is 3. The number of ether oxygens (including phenoxy) is 1. The minimum Gasteiger partial charge on any atom is -0.406 e. The van der Waals surface area contributed by atoms with Gasteiger partial charge in [-0.1, -0.05) is 24.0 Å². The van der Waals surface area contributed by atoms with Gasteiger partial charge in [0, 0.05) is 28.5 Å². The maximum Gasteiger partial charge on any atom is 0.573 e. The number of thiocyanates is 1. The molecule has 4 nitrogen and oxygen atoms in total. The Morgan fingerprint density at radius 3 is 2.03 bits per heavy atom. The zero-order chi connectivity index (χ0) is 20.9. The number of alkyl halides is 3. The lowest BCUT2D eigenvalue weighted by atomic mass is 10.1. The van der Waals surface area contributed by atoms with Gasteiger partial charge >= 0.3 is 6.36 Å². The van der Waals surface area contributed by atoms with Crippen molar-refractivity contribution in [3.05, 3.63) is 71.8 Å². The van der Waals surface area contributed by atoms with Crippen molar-refractivity contribution in [3.8, 4) is 34.2 Å². The molecule has 9 heteroatoms. The first-order chi connectivity index (χ1) is 13.8. The minimum absolute atomic E-state index is 0.0482. The van der Waals surface area contributed by atoms with E-state index in [1.807, 2.05) is 0 Å². The molecule has 1 aromatic heterocycles. The van der Waals surface area contributed by atoms with Crippen LogP contribution in [0.3, 0.4) is 0 Å². The van der Waals surface area contributed by atoms with Gasteiger partial charge in [0.1, 0.15) is 21.9 Å². The summed E-state index contributed by atoms with van der Waals surface area (Å²) in [7, 11) is 0. The molecule has 144 valence electrons. The quantitative estimate of drug-likeness (QED) is 0.256. The zero-order valence-electron chi connectivity index (χ0n) is 14.4. The van der Waals surface area contributed by atoms with Crippen LogP contribution in [-0.4, -0.2) is 16.3 Å². The van der Waals surface area contributed by atoms with Gasteiger partial charge in [0.05, 0.1) is 6.20 Å². The standard InChI is InChI=1S/C20H9F4N3OS/c21-19-18(26-11-17(27-19)29-12-25)15-7-3-13(4-8-15)1-2-14-5-9-16(10-6-14)28-20(22,23)24/h3-11H. The van der Waals surface area contributed by atoms with Gasteiger partial charge in [-0.2, -0.15) is 9.65 Å². The molecule has 0 saturated heterocycles. The number of hydrogen-bond donors (Lipinski definition) is 0. The van der Waals surface area contributed by atoms with Gasteiger partial charge in [0.15, 0.2) is 0 Å². The monoisotopic (exact) mass is 415 g/mol. The molecular weight excluding hydrogens is 406 g/mol. The normalized spacial score (nSPS) is 10.6. The Labute approximate surface area is 167 Å². The predicted octanol–water partition coefficient (Wildman–Crippen LogP) is 5.15. The molecule has 0 bridgehead atoms. The average molecular weight is 415 g/mol. The molecule has 0 spiro atoms. The van der Waals surface area contributed by atoms with Crippen LogP contribution in [0.1, 0.15) is 11.1 Å². The summed E-state index contributed by atoms with van der Waals surface area (Å²) in [6.45, 7) is 0. The highest BCUT2D eigenvalue weighted by molar-refractivity contribution is 8.03. The fraction of sp³-hybridized carbons (Fsp3) is 0.0500. The summed E-state index contributed by atoms with van der Waals surface area (Å²) in [6.07, 6.45) is -3.43. The van der Waals surface area contributed by atoms with E-state index < -0.39 is 12.3 Å². The van der Waals surface area contributed by atoms with Gasteiger partial charge < -0.3 is 4.74 Å². The van der Waals surface area contributed by atoms with Crippen molar-refractivity contribution in [1.82, 2.24) is 9.97 Å². The molecule has 0 N–H and O–H groups in total. The number of thioether (sulfide) groups is 1. The summed E-state index contributed by atoms with van der Waals surface area (Å²) in [5.74, 6) is 4.58. The lowest BCUT2D eigenvalue weighted by Gasteiger charge is -2.07. The Morgan fingerprint density at radius 1 is 0.931 bits per heavy atom. The van der Waals surface area contributed by atoms with Crippen LogP contribution in [0.25, 0.3) is 11.3 Å². The predicted molar refractivity (Wildman–Crippen MR) is 98.0 cm³/mol. The number of halogens is 4. The van der Waals surface area contributed by atoms with Crippen molar-refractivity contribution in [2.75, 3.05) is 0 Å². The van der Waals surface area contributed by atoms with Crippen LogP contribution in [0.2, 0.25) is 0 Å². The molecule has 0 saturated carbocycles. The van der Waals surface area contributed by atoms with E-state index in [4.69, 9.17) is 5.26 Å². The summed E-state index contributed by atoms with van der Waals surface area (Å²) >= 11 is 0.714. The van der Waals surface area contributed by atoms with E-state index in [1.165, 1.54) is 30.5 Å². The Kier molecular flexibility index (Phi) is 6.01. The van der Waals surface area contributed by atoms with Crippen molar-refractivity contribution in [2.24, 2.45) is 0 Å². The first-order valence-corrected chi connectivity index (χ1v) is 8.72. The van der Waals surface area contributed by atoms with Crippen molar-refractivity contribution in [1.29, 1.82) is 5.26 Å². The van der Waals surface area contributed by atoms with Crippen LogP contribution < -0.4 is 4.74 Å². The van der Waals surface area contributed by atoms with Crippen molar-refractivity contribution >= 4 is 11.8 Å². The molecule has 3 aromatic rings. The maximum absolute atomic E-state index is 14.1. The van der Waals surface area contributed by atoms with Gasteiger partial charge in [0.25, 0.3) is 0 Å². The van der Waals surface area contributed by atoms with Crippen molar-refractivity contribution in [2.45, 2.75) is 11.4 Å². The Balaban J connectivity index is 1.73. The minimum atomic E-state index is -4.74. The van der Waals surface area contributed by atoms with Crippen molar-refractivity contribution < 1.29 is 22.3 Å². The molecule has 0 aliphatic rings. The van der Waals surface area contributed by atoms with Gasteiger partial charge in [0.2, 0.25) is 5.95 Å². The van der Waals surface area contributed by atoms with Crippen LogP contribution in [0.4, 0.5) is 17.6 Å². The molecule has 29 heavy (non-hydrogen) atoms. The molecule has 0 aliphatic heterocycles. The van der Waals surface area contributed by atoms with Crippen LogP contribution in [0.15, 0.2) is 59.8 Å². The molecule has 0 radical (unpaired) electrons. The second-order valence-corrected chi connectivity index (χ2v) is 6.25. The fourth-order valence-corrected chi connectivity index (χ4v) is 2.56. The van der Waals surface area contributed by atoms with Crippen LogP contribution in [-0.2, 0) is 0 Å². The summed E-state index contributed by atoms with van der Waals surface area (Å²) in [4.78, 5) is 7.66. The van der Waals surface area contributed by atoms with E-state index in [0.717, 1.165) is 0 Å². The Morgan fingerprint density at radius 2 is 1.52 bits per heavy atom. The Hall–Kier alpha value is -3.56. The first-order valence-electron chi connectivity index (χ1n) is 7.91. The fourth-order valence-electron chi connectivity index (χ4n) is 2.24. The van der Waals surface area contributed by atoms with Gasteiger partial charge in [-0.25, -0.2) is 9.97 Å². The van der Waals surface area contributed by atoms with Gasteiger partial charge in [-0.15, -0.1) is 13.2 Å². The molecule has 0 aliphatic carbocycles. The molecule has 0 unspecified atom stereocenters. The van der Waals surface area contributed by atoms with Crippen molar-refractivity contribution in [3.63, 3.8) is 0 Å². The van der Waals surface area contributed by atoms with E-state index in [0.29, 0.717) is 28.5 Å². The maximum atomic E-state index is 14.1. The molecular formula is C20H9F4N3OS. The average Bonchev–Trinajstić information content (AvgIpc) is 2.67. The van der Waals surface area contributed by atoms with Gasteiger partial charge in [-0.3, -0.25) is 0 Å². The second kappa shape index (κ2) is 8.63. The summed E-state index contributed by atoms with van der Waals surface area (Å²) < 4.78 is 54.3. The molecule has 2 aromatic carbocycles. The highest BCUT2D eigenvalue weighted by Gasteiger charge is 2.30. The lowest BCUT2D eigenvalue weighted by molar-refractivity contribution is -0.274. The SMILES string of the molecule is N#CSc1cnc(-c2ccc(C#Cc3ccc(OC(F)(F)F)cc3)cc2)c(F)n1. The van der Waals surface area contributed by atoms with Crippen LogP contribution in [0, 0.1) is 28.5 Å². The number of aromatic nitrogens is 2. The zero-order valence-corrected chi connectivity index (χ0v) is 15.2. The summed E-state index contributed by atoms with van der Waals surface area (Å²) in [5, 5.41) is 10.5. The van der Waals surface area contributed by atoms with Gasteiger partial charge in [-0.05, 0) is 36.4 Å². The van der Waals surface area contributed by atoms with E-state index in [1.54, 1.807) is 29.7 Å². The molecule has 0 fully saturated rings. The highest BCUT2D eigenvalue weighted by atomic mass is 32.2. The lowest BCUT2D eigenvalue weighted by Crippen LogP contribution is -2.16. The number of nitriles is 1. The highest BCUT2D eigenvalue weighted by Crippen LogP contribution is 2.23. The molecule has 1 heterocycles. The first kappa shape index (κ1) is 20.2. The summed E-state index contributed by atoms with van der Waals surface area (Å²) in [5.41, 5.74) is 1.66. The third kappa shape index (κ3) is 5.71. The van der Waals surface area contributed by atoms with E-state index in [9.17, 15) is 17.6 Å². The smallest absolute Gasteiger partial charge is 0.406 e. The molecule has 0 atom stereocenters. The third-order valence-electron chi connectivity index (χ3n) is 3.46.